The summed E-state index contributed by atoms with van der Waals surface area (Å²) in [6.45, 7) is 21.7. The monoisotopic (exact) mass is 982 g/mol. The lowest BCUT2D eigenvalue weighted by atomic mass is 9.72. The second-order valence-corrected chi connectivity index (χ2v) is 21.9. The van der Waals surface area contributed by atoms with E-state index in [-0.39, 0.29) is 48.2 Å². The van der Waals surface area contributed by atoms with Gasteiger partial charge in [0.25, 0.3) is 5.70 Å². The predicted molar refractivity (Wildman–Crippen MR) is 246 cm³/mol. The summed E-state index contributed by atoms with van der Waals surface area (Å²) in [6, 6.07) is 3.28. The predicted octanol–water partition coefficient (Wildman–Crippen LogP) is 10.7. The lowest BCUT2D eigenvalue weighted by Crippen LogP contribution is -2.35. The number of nitriles is 2. The highest BCUT2D eigenvalue weighted by atomic mass is 19.4. The number of rotatable bonds is 12. The zero-order valence-electron chi connectivity index (χ0n) is 41.3. The SMILES string of the molecule is [C-]#[N+]/C(C(=O)OCC(COC(=O)/C(C#N)=C1\CC(C)(C)CC(N2CCCC2)=C1C(F)(F)F)COC(=O)/C(C#N)=C1\CC(C)(C)CC(N2CCCC2)=C1C(F)(F)F)=C1/CC(C)(C)CC(N2CCCC2)=C1C. The van der Waals surface area contributed by atoms with E-state index in [2.05, 4.69) is 9.74 Å². The van der Waals surface area contributed by atoms with Crippen LogP contribution in [0.2, 0.25) is 0 Å². The minimum Gasteiger partial charge on any atom is -0.470 e. The molecule has 0 spiro atoms. The van der Waals surface area contributed by atoms with Gasteiger partial charge in [0.2, 0.25) is 0 Å². The average molecular weight is 983 g/mol. The topological polar surface area (TPSA) is 141 Å². The van der Waals surface area contributed by atoms with Crippen molar-refractivity contribution in [3.05, 3.63) is 78.8 Å². The molecule has 70 heavy (non-hydrogen) atoms. The Morgan fingerprint density at radius 2 is 0.886 bits per heavy atom. The number of halogens is 6. The molecule has 0 amide bonds. The first-order valence-corrected chi connectivity index (χ1v) is 24.2. The van der Waals surface area contributed by atoms with Crippen molar-refractivity contribution in [2.24, 2.45) is 22.2 Å². The van der Waals surface area contributed by atoms with Crippen LogP contribution < -0.4 is 0 Å². The van der Waals surface area contributed by atoms with E-state index in [1.807, 2.05) is 20.8 Å². The first-order valence-electron chi connectivity index (χ1n) is 24.2. The summed E-state index contributed by atoms with van der Waals surface area (Å²) >= 11 is 0. The van der Waals surface area contributed by atoms with Crippen LogP contribution in [0, 0.1) is 51.4 Å². The van der Waals surface area contributed by atoms with Gasteiger partial charge in [0.15, 0.2) is 0 Å². The van der Waals surface area contributed by atoms with E-state index >= 15 is 26.3 Å². The van der Waals surface area contributed by atoms with Crippen molar-refractivity contribution in [2.45, 2.75) is 138 Å². The second kappa shape index (κ2) is 20.9. The smallest absolute Gasteiger partial charge is 0.418 e. The summed E-state index contributed by atoms with van der Waals surface area (Å²) in [5.74, 6) is -5.25. The number of ether oxygens (including phenoxy) is 3. The molecule has 0 aromatic carbocycles. The van der Waals surface area contributed by atoms with E-state index in [1.54, 1.807) is 49.6 Å². The molecule has 0 N–H and O–H groups in total. The Bertz CT molecular complexity index is 2320. The molecule has 0 bridgehead atoms. The van der Waals surface area contributed by atoms with Crippen molar-refractivity contribution in [1.82, 2.24) is 14.7 Å². The fourth-order valence-corrected chi connectivity index (χ4v) is 11.0. The molecule has 0 atom stereocenters. The number of hydrogen-bond donors (Lipinski definition) is 0. The van der Waals surface area contributed by atoms with Crippen molar-refractivity contribution >= 4 is 17.9 Å². The largest absolute Gasteiger partial charge is 0.470 e. The zero-order chi connectivity index (χ0) is 51.6. The van der Waals surface area contributed by atoms with Crippen LogP contribution >= 0.6 is 0 Å². The number of hydrogen-bond acceptors (Lipinski definition) is 11. The number of carbonyl (C=O) groups excluding carboxylic acids is 3. The Morgan fingerprint density at radius 1 is 0.571 bits per heavy atom. The molecule has 6 rings (SSSR count). The van der Waals surface area contributed by atoms with Crippen LogP contribution in [0.3, 0.4) is 0 Å². The van der Waals surface area contributed by atoms with Crippen LogP contribution in [0.15, 0.2) is 67.4 Å². The first kappa shape index (κ1) is 53.6. The van der Waals surface area contributed by atoms with Crippen LogP contribution in [-0.4, -0.2) is 104 Å². The van der Waals surface area contributed by atoms with Crippen LogP contribution in [0.25, 0.3) is 4.85 Å². The number of likely N-dealkylation sites (tertiary alicyclic amines) is 3. The van der Waals surface area contributed by atoms with Crippen LogP contribution in [0.4, 0.5) is 26.3 Å². The Morgan fingerprint density at radius 3 is 1.21 bits per heavy atom. The Labute approximate surface area is 407 Å². The number of alkyl halides is 6. The second-order valence-electron chi connectivity index (χ2n) is 21.9. The van der Waals surface area contributed by atoms with Gasteiger partial charge in [-0.25, -0.2) is 14.4 Å². The highest BCUT2D eigenvalue weighted by Crippen LogP contribution is 2.52. The van der Waals surface area contributed by atoms with Gasteiger partial charge in [-0.05, 0) is 123 Å². The molecule has 18 heteroatoms. The summed E-state index contributed by atoms with van der Waals surface area (Å²) in [7, 11) is 0. The molecule has 0 aromatic rings. The number of allylic oxidation sites excluding steroid dienone is 9. The molecule has 0 saturated carbocycles. The lowest BCUT2D eigenvalue weighted by molar-refractivity contribution is -0.148. The molecule has 380 valence electrons. The van der Waals surface area contributed by atoms with E-state index in [9.17, 15) is 24.9 Å². The molecule has 3 aliphatic heterocycles. The molecule has 3 saturated heterocycles. The Balaban J connectivity index is 1.34. The van der Waals surface area contributed by atoms with Crippen molar-refractivity contribution in [3.63, 3.8) is 0 Å². The molecule has 12 nitrogen and oxygen atoms in total. The maximum absolute atomic E-state index is 15.0. The third-order valence-corrected chi connectivity index (χ3v) is 14.2. The van der Waals surface area contributed by atoms with Crippen molar-refractivity contribution in [1.29, 1.82) is 10.5 Å². The van der Waals surface area contributed by atoms with Gasteiger partial charge in [-0.1, -0.05) is 41.5 Å². The Kier molecular flexibility index (Phi) is 16.1. The van der Waals surface area contributed by atoms with Crippen molar-refractivity contribution in [2.75, 3.05) is 59.1 Å². The molecular weight excluding hydrogens is 919 g/mol. The van der Waals surface area contributed by atoms with E-state index in [4.69, 9.17) is 20.8 Å². The maximum Gasteiger partial charge on any atom is 0.418 e. The Hall–Kier alpha value is -5.70. The van der Waals surface area contributed by atoms with Gasteiger partial charge < -0.3 is 28.9 Å². The fourth-order valence-electron chi connectivity index (χ4n) is 11.0. The molecule has 3 fully saturated rings. The summed E-state index contributed by atoms with van der Waals surface area (Å²) in [4.78, 5) is 50.9. The van der Waals surface area contributed by atoms with Gasteiger partial charge in [-0.3, -0.25) is 4.79 Å². The number of carbonyl (C=O) groups is 3. The van der Waals surface area contributed by atoms with E-state index in [1.165, 1.54) is 0 Å². The van der Waals surface area contributed by atoms with Gasteiger partial charge in [0, 0.05) is 56.4 Å². The molecule has 0 aromatic heterocycles. The van der Waals surface area contributed by atoms with Crippen molar-refractivity contribution in [3.8, 4) is 12.1 Å². The number of nitrogens with zero attached hydrogens (tertiary/aromatic N) is 6. The fraction of sp³-hybridized carbons (Fsp3) is 0.654. The highest BCUT2D eigenvalue weighted by molar-refractivity contribution is 5.96. The standard InChI is InChI=1S/C52H64F6N6O6/c1-32-34(21-48(2,3)24-39(32)62-15-9-10-16-62)44(61-8)47(67)70-31-33(29-68-45(65)37(27-59)35-22-49(4,5)25-40(42(35)51(53,54)55)63-17-11-12-18-63)30-69-46(66)38(28-60)36-23-50(6,7)26-41(43(36)52(56,57)58)64-19-13-14-20-64/h33H,9-26,29-31H2,1-7H3/b37-35+,38-36+,44-34-. The van der Waals surface area contributed by atoms with Gasteiger partial charge in [-0.15, -0.1) is 0 Å². The summed E-state index contributed by atoms with van der Waals surface area (Å²) in [6.07, 6.45) is -4.60. The van der Waals surface area contributed by atoms with Gasteiger partial charge in [0.1, 0.15) is 36.5 Å². The molecule has 3 aliphatic carbocycles. The normalized spacial score (nSPS) is 23.8. The average Bonchev–Trinajstić information content (AvgIpc) is 4.09. The zero-order valence-corrected chi connectivity index (χ0v) is 41.3. The van der Waals surface area contributed by atoms with Crippen LogP contribution in [-0.2, 0) is 28.6 Å². The molecule has 0 unspecified atom stereocenters. The third kappa shape index (κ3) is 12.2. The van der Waals surface area contributed by atoms with E-state index < -0.39 is 100 Å². The minimum atomic E-state index is -4.94. The molecular formula is C52H64F6N6O6. The van der Waals surface area contributed by atoms with Crippen LogP contribution in [0.1, 0.15) is 126 Å². The third-order valence-electron chi connectivity index (χ3n) is 14.2. The highest BCUT2D eigenvalue weighted by Gasteiger charge is 2.49. The summed E-state index contributed by atoms with van der Waals surface area (Å²) in [5.41, 5.74) is -4.98. The first-order chi connectivity index (χ1) is 32.7. The molecule has 0 radical (unpaired) electrons. The van der Waals surface area contributed by atoms with Crippen molar-refractivity contribution < 1.29 is 54.9 Å². The van der Waals surface area contributed by atoms with Crippen LogP contribution in [0.5, 0.6) is 0 Å². The van der Waals surface area contributed by atoms with E-state index in [0.29, 0.717) is 63.9 Å². The quantitative estimate of drug-likeness (QED) is 0.0461. The number of esters is 3. The molecule has 3 heterocycles. The molecule has 6 aliphatic rings. The summed E-state index contributed by atoms with van der Waals surface area (Å²) in [5, 5.41) is 20.7. The van der Waals surface area contributed by atoms with Gasteiger partial charge >= 0.3 is 30.3 Å². The minimum absolute atomic E-state index is 0.0166. The van der Waals surface area contributed by atoms with Gasteiger partial charge in [-0.2, -0.15) is 36.9 Å². The maximum atomic E-state index is 15.0. The summed E-state index contributed by atoms with van der Waals surface area (Å²) < 4.78 is 107. The van der Waals surface area contributed by atoms with Gasteiger partial charge in [0.05, 0.1) is 30.2 Å². The van der Waals surface area contributed by atoms with E-state index in [0.717, 1.165) is 43.6 Å². The lowest BCUT2D eigenvalue weighted by Gasteiger charge is -2.39.